The summed E-state index contributed by atoms with van der Waals surface area (Å²) in [6.45, 7) is 7.36. The summed E-state index contributed by atoms with van der Waals surface area (Å²) in [5, 5.41) is 0. The molecule has 0 amide bonds. The van der Waals surface area contributed by atoms with Crippen LogP contribution in [0.15, 0.2) is 24.3 Å². The monoisotopic (exact) mass is 320 g/mol. The Kier molecular flexibility index (Phi) is 8.88. The molecule has 0 heterocycles. The molecule has 1 aromatic carbocycles. The van der Waals surface area contributed by atoms with E-state index >= 15 is 0 Å². The van der Waals surface area contributed by atoms with Gasteiger partial charge in [0.15, 0.2) is 11.5 Å². The first kappa shape index (κ1) is 19.1. The zero-order valence-electron chi connectivity index (χ0n) is 14.6. The summed E-state index contributed by atoms with van der Waals surface area (Å²) in [6.07, 6.45) is 6.14. The summed E-state index contributed by atoms with van der Waals surface area (Å²) in [6, 6.07) is 5.57. The Hall–Kier alpha value is -1.97. The van der Waals surface area contributed by atoms with E-state index in [9.17, 15) is 4.79 Å². The van der Waals surface area contributed by atoms with E-state index in [1.165, 1.54) is 6.08 Å². The van der Waals surface area contributed by atoms with Gasteiger partial charge in [0.25, 0.3) is 0 Å². The van der Waals surface area contributed by atoms with Crippen molar-refractivity contribution in [3.05, 3.63) is 29.8 Å². The second-order valence-electron chi connectivity index (χ2n) is 5.40. The lowest BCUT2D eigenvalue weighted by atomic mass is 10.1. The number of benzene rings is 1. The molecule has 0 fully saturated rings. The van der Waals surface area contributed by atoms with Crippen LogP contribution >= 0.6 is 0 Å². The summed E-state index contributed by atoms with van der Waals surface area (Å²) in [4.78, 5) is 11.8. The molecule has 0 radical (unpaired) electrons. The van der Waals surface area contributed by atoms with Gasteiger partial charge in [0.1, 0.15) is 0 Å². The van der Waals surface area contributed by atoms with Gasteiger partial charge in [-0.2, -0.15) is 0 Å². The molecule has 4 nitrogen and oxygen atoms in total. The Bertz CT molecular complexity index is 504. The number of rotatable bonds is 10. The van der Waals surface area contributed by atoms with E-state index in [1.807, 2.05) is 25.1 Å². The molecule has 1 rings (SSSR count). The first-order chi connectivity index (χ1) is 11.1. The molecular weight excluding hydrogens is 292 g/mol. The maximum absolute atomic E-state index is 11.8. The normalized spacial score (nSPS) is 11.0. The Morgan fingerprint density at radius 2 is 1.91 bits per heavy atom. The SMILES string of the molecule is CCCOc1cc(/C=C/C(=O)OCC(CC)CC)ccc1OC. The van der Waals surface area contributed by atoms with Gasteiger partial charge in [-0.1, -0.05) is 39.7 Å². The summed E-state index contributed by atoms with van der Waals surface area (Å²) >= 11 is 0. The Labute approximate surface area is 139 Å². The predicted octanol–water partition coefficient (Wildman–Crippen LogP) is 4.48. The zero-order chi connectivity index (χ0) is 17.1. The molecule has 0 atom stereocenters. The molecule has 0 bridgehead atoms. The summed E-state index contributed by atoms with van der Waals surface area (Å²) < 4.78 is 16.2. The van der Waals surface area contributed by atoms with Crippen LogP contribution in [0.3, 0.4) is 0 Å². The van der Waals surface area contributed by atoms with Gasteiger partial charge in [0, 0.05) is 6.08 Å². The molecular formula is C19H28O4. The number of ether oxygens (including phenoxy) is 3. The maximum Gasteiger partial charge on any atom is 0.330 e. The maximum atomic E-state index is 11.8. The van der Waals surface area contributed by atoms with Gasteiger partial charge < -0.3 is 14.2 Å². The lowest BCUT2D eigenvalue weighted by Gasteiger charge is -2.11. The van der Waals surface area contributed by atoms with Gasteiger partial charge in [0.2, 0.25) is 0 Å². The van der Waals surface area contributed by atoms with Gasteiger partial charge in [-0.3, -0.25) is 0 Å². The van der Waals surface area contributed by atoms with E-state index in [0.717, 1.165) is 24.8 Å². The van der Waals surface area contributed by atoms with Crippen LogP contribution in [0.5, 0.6) is 11.5 Å². The molecule has 0 spiro atoms. The minimum Gasteiger partial charge on any atom is -0.493 e. The first-order valence-electron chi connectivity index (χ1n) is 8.30. The van der Waals surface area contributed by atoms with E-state index in [-0.39, 0.29) is 5.97 Å². The molecule has 0 saturated heterocycles. The lowest BCUT2D eigenvalue weighted by Crippen LogP contribution is -2.11. The molecule has 1 aromatic rings. The van der Waals surface area contributed by atoms with Crippen LogP contribution < -0.4 is 9.47 Å². The number of hydrogen-bond acceptors (Lipinski definition) is 4. The summed E-state index contributed by atoms with van der Waals surface area (Å²) in [7, 11) is 1.61. The molecule has 128 valence electrons. The van der Waals surface area contributed by atoms with Crippen LogP contribution in [-0.4, -0.2) is 26.3 Å². The number of carbonyl (C=O) groups excluding carboxylic acids is 1. The van der Waals surface area contributed by atoms with Gasteiger partial charge in [-0.05, 0) is 36.1 Å². The lowest BCUT2D eigenvalue weighted by molar-refractivity contribution is -0.139. The third kappa shape index (κ3) is 6.76. The molecule has 0 aliphatic heterocycles. The predicted molar refractivity (Wildman–Crippen MR) is 92.8 cm³/mol. The van der Waals surface area contributed by atoms with Crippen molar-refractivity contribution in [3.8, 4) is 11.5 Å². The molecule has 0 aliphatic carbocycles. The number of carbonyl (C=O) groups is 1. The van der Waals surface area contributed by atoms with Crippen molar-refractivity contribution < 1.29 is 19.0 Å². The molecule has 23 heavy (non-hydrogen) atoms. The second-order valence-corrected chi connectivity index (χ2v) is 5.40. The zero-order valence-corrected chi connectivity index (χ0v) is 14.6. The van der Waals surface area contributed by atoms with Crippen molar-refractivity contribution in [1.82, 2.24) is 0 Å². The van der Waals surface area contributed by atoms with Gasteiger partial charge in [0.05, 0.1) is 20.3 Å². The summed E-state index contributed by atoms with van der Waals surface area (Å²) in [5.74, 6) is 1.49. The van der Waals surface area contributed by atoms with Crippen molar-refractivity contribution >= 4 is 12.0 Å². The van der Waals surface area contributed by atoms with Crippen molar-refractivity contribution in [1.29, 1.82) is 0 Å². The number of methoxy groups -OCH3 is 1. The highest BCUT2D eigenvalue weighted by Crippen LogP contribution is 2.28. The number of esters is 1. The Morgan fingerprint density at radius 3 is 2.52 bits per heavy atom. The fourth-order valence-corrected chi connectivity index (χ4v) is 2.06. The third-order valence-electron chi connectivity index (χ3n) is 3.68. The molecule has 0 aliphatic rings. The second kappa shape index (κ2) is 10.7. The van der Waals surface area contributed by atoms with Crippen LogP contribution in [0, 0.1) is 5.92 Å². The van der Waals surface area contributed by atoms with Crippen molar-refractivity contribution in [2.75, 3.05) is 20.3 Å². The minimum atomic E-state index is -0.316. The van der Waals surface area contributed by atoms with Crippen molar-refractivity contribution in [2.45, 2.75) is 40.0 Å². The van der Waals surface area contributed by atoms with Crippen LogP contribution in [0.2, 0.25) is 0 Å². The number of hydrogen-bond donors (Lipinski definition) is 0. The standard InChI is InChI=1S/C19H28O4/c1-5-12-22-18-13-16(8-10-17(18)21-4)9-11-19(20)23-14-15(6-2)7-3/h8-11,13,15H,5-7,12,14H2,1-4H3/b11-9+. The average Bonchev–Trinajstić information content (AvgIpc) is 2.59. The van der Waals surface area contributed by atoms with E-state index in [1.54, 1.807) is 13.2 Å². The average molecular weight is 320 g/mol. The van der Waals surface area contributed by atoms with E-state index < -0.39 is 0 Å². The highest BCUT2D eigenvalue weighted by Gasteiger charge is 2.07. The largest absolute Gasteiger partial charge is 0.493 e. The highest BCUT2D eigenvalue weighted by atomic mass is 16.5. The Morgan fingerprint density at radius 1 is 1.17 bits per heavy atom. The highest BCUT2D eigenvalue weighted by molar-refractivity contribution is 5.87. The van der Waals surface area contributed by atoms with Crippen molar-refractivity contribution in [3.63, 3.8) is 0 Å². The molecule has 0 unspecified atom stereocenters. The van der Waals surface area contributed by atoms with E-state index in [0.29, 0.717) is 30.6 Å². The quantitative estimate of drug-likeness (QED) is 0.471. The third-order valence-corrected chi connectivity index (χ3v) is 3.68. The Balaban J connectivity index is 2.66. The fraction of sp³-hybridized carbons (Fsp3) is 0.526. The first-order valence-corrected chi connectivity index (χ1v) is 8.30. The smallest absolute Gasteiger partial charge is 0.330 e. The minimum absolute atomic E-state index is 0.316. The topological polar surface area (TPSA) is 44.8 Å². The molecule has 4 heteroatoms. The molecule has 0 aromatic heterocycles. The van der Waals surface area contributed by atoms with E-state index in [2.05, 4.69) is 13.8 Å². The molecule has 0 N–H and O–H groups in total. The van der Waals surface area contributed by atoms with Crippen LogP contribution in [-0.2, 0) is 9.53 Å². The van der Waals surface area contributed by atoms with Crippen LogP contribution in [0.4, 0.5) is 0 Å². The van der Waals surface area contributed by atoms with Crippen LogP contribution in [0.1, 0.15) is 45.6 Å². The summed E-state index contributed by atoms with van der Waals surface area (Å²) in [5.41, 5.74) is 0.872. The van der Waals surface area contributed by atoms with Gasteiger partial charge in [-0.25, -0.2) is 4.79 Å². The van der Waals surface area contributed by atoms with Crippen molar-refractivity contribution in [2.24, 2.45) is 5.92 Å². The van der Waals surface area contributed by atoms with Gasteiger partial charge >= 0.3 is 5.97 Å². The van der Waals surface area contributed by atoms with Gasteiger partial charge in [-0.15, -0.1) is 0 Å². The van der Waals surface area contributed by atoms with Crippen LogP contribution in [0.25, 0.3) is 6.08 Å². The fourth-order valence-electron chi connectivity index (χ4n) is 2.06. The molecule has 0 saturated carbocycles. The van der Waals surface area contributed by atoms with E-state index in [4.69, 9.17) is 14.2 Å².